The summed E-state index contributed by atoms with van der Waals surface area (Å²) in [4.78, 5) is 21.9. The zero-order valence-corrected chi connectivity index (χ0v) is 19.4. The van der Waals surface area contributed by atoms with Gasteiger partial charge in [-0.25, -0.2) is 9.67 Å². The minimum absolute atomic E-state index is 0.0810. The Morgan fingerprint density at radius 2 is 1.70 bits per heavy atom. The summed E-state index contributed by atoms with van der Waals surface area (Å²) in [5.41, 5.74) is 5.09. The molecule has 0 spiro atoms. The average Bonchev–Trinajstić information content (AvgIpc) is 3.17. The molecule has 7 heteroatoms. The predicted octanol–water partition coefficient (Wildman–Crippen LogP) is 4.40. The molecule has 33 heavy (non-hydrogen) atoms. The summed E-state index contributed by atoms with van der Waals surface area (Å²) in [5.74, 6) is 0.0810. The van der Waals surface area contributed by atoms with Gasteiger partial charge in [0.15, 0.2) is 5.65 Å². The van der Waals surface area contributed by atoms with E-state index in [1.807, 2.05) is 48.2 Å². The van der Waals surface area contributed by atoms with Crippen molar-refractivity contribution in [2.75, 3.05) is 26.2 Å². The summed E-state index contributed by atoms with van der Waals surface area (Å²) in [6.07, 6.45) is 1.79. The highest BCUT2D eigenvalue weighted by molar-refractivity contribution is 6.30. The summed E-state index contributed by atoms with van der Waals surface area (Å²) >= 11 is 5.98. The number of benzene rings is 2. The number of aryl methyl sites for hydroxylation is 1. The van der Waals surface area contributed by atoms with E-state index in [1.165, 1.54) is 5.56 Å². The highest BCUT2D eigenvalue weighted by Gasteiger charge is 2.23. The number of carbonyl (C=O) groups is 1. The van der Waals surface area contributed by atoms with E-state index in [0.29, 0.717) is 13.1 Å². The minimum atomic E-state index is 0.0810. The molecular weight excluding hydrogens is 434 g/mol. The fourth-order valence-corrected chi connectivity index (χ4v) is 4.61. The number of pyridine rings is 1. The Morgan fingerprint density at radius 3 is 2.42 bits per heavy atom. The van der Waals surface area contributed by atoms with E-state index in [-0.39, 0.29) is 12.5 Å². The fraction of sp³-hybridized carbons (Fsp3) is 0.269. The van der Waals surface area contributed by atoms with Gasteiger partial charge in [-0.3, -0.25) is 9.69 Å². The van der Waals surface area contributed by atoms with Gasteiger partial charge in [0.2, 0.25) is 5.91 Å². The Kier molecular flexibility index (Phi) is 6.11. The molecule has 3 heterocycles. The van der Waals surface area contributed by atoms with Gasteiger partial charge in [-0.15, -0.1) is 0 Å². The Morgan fingerprint density at radius 1 is 0.970 bits per heavy atom. The number of amides is 1. The van der Waals surface area contributed by atoms with Gasteiger partial charge in [0.25, 0.3) is 0 Å². The van der Waals surface area contributed by atoms with E-state index in [0.717, 1.165) is 52.5 Å². The number of rotatable bonds is 5. The van der Waals surface area contributed by atoms with Crippen LogP contribution in [-0.4, -0.2) is 56.7 Å². The average molecular weight is 460 g/mol. The van der Waals surface area contributed by atoms with Crippen LogP contribution in [0.4, 0.5) is 0 Å². The molecular formula is C26H26ClN5O. The standard InChI is InChI=1S/C26H26ClN5O/c1-19-25-23(21-5-3-2-4-6-21)11-12-28-26(25)32(29-19)18-24(33)31-15-13-30(14-16-31)17-20-7-9-22(27)10-8-20/h2-12H,13-18H2,1H3. The summed E-state index contributed by atoms with van der Waals surface area (Å²) in [5, 5.41) is 6.43. The van der Waals surface area contributed by atoms with Gasteiger partial charge in [0.1, 0.15) is 6.54 Å². The molecule has 1 aliphatic rings. The first-order valence-corrected chi connectivity index (χ1v) is 11.6. The second-order valence-corrected chi connectivity index (χ2v) is 8.89. The number of halogens is 1. The number of carbonyl (C=O) groups excluding carboxylic acids is 1. The van der Waals surface area contributed by atoms with Crippen LogP contribution in [0.2, 0.25) is 5.02 Å². The molecule has 6 nitrogen and oxygen atoms in total. The lowest BCUT2D eigenvalue weighted by molar-refractivity contribution is -0.133. The van der Waals surface area contributed by atoms with Crippen molar-refractivity contribution in [3.05, 3.63) is 83.1 Å². The summed E-state index contributed by atoms with van der Waals surface area (Å²) in [6.45, 7) is 6.18. The molecule has 1 amide bonds. The van der Waals surface area contributed by atoms with E-state index in [2.05, 4.69) is 39.2 Å². The Hall–Kier alpha value is -3.22. The zero-order valence-electron chi connectivity index (χ0n) is 18.6. The van der Waals surface area contributed by atoms with Crippen molar-refractivity contribution in [3.8, 4) is 11.1 Å². The third kappa shape index (κ3) is 4.63. The molecule has 0 radical (unpaired) electrons. The van der Waals surface area contributed by atoms with Gasteiger partial charge < -0.3 is 4.90 Å². The van der Waals surface area contributed by atoms with Crippen LogP contribution in [0.5, 0.6) is 0 Å². The molecule has 2 aromatic carbocycles. The van der Waals surface area contributed by atoms with E-state index in [1.54, 1.807) is 10.9 Å². The molecule has 1 fully saturated rings. The van der Waals surface area contributed by atoms with Crippen molar-refractivity contribution < 1.29 is 4.79 Å². The Bertz CT molecular complexity index is 1260. The largest absolute Gasteiger partial charge is 0.339 e. The number of nitrogens with zero attached hydrogens (tertiary/aromatic N) is 5. The van der Waals surface area contributed by atoms with Gasteiger partial charge in [-0.1, -0.05) is 54.1 Å². The van der Waals surface area contributed by atoms with Crippen molar-refractivity contribution in [1.29, 1.82) is 0 Å². The van der Waals surface area contributed by atoms with Gasteiger partial charge >= 0.3 is 0 Å². The van der Waals surface area contributed by atoms with Gasteiger partial charge in [0, 0.05) is 49.3 Å². The molecule has 2 aromatic heterocycles. The first-order chi connectivity index (χ1) is 16.1. The third-order valence-corrected chi connectivity index (χ3v) is 6.47. The number of piperazine rings is 1. The van der Waals surface area contributed by atoms with Crippen molar-refractivity contribution >= 4 is 28.5 Å². The van der Waals surface area contributed by atoms with Crippen molar-refractivity contribution in [3.63, 3.8) is 0 Å². The van der Waals surface area contributed by atoms with Crippen molar-refractivity contribution in [1.82, 2.24) is 24.6 Å². The molecule has 1 saturated heterocycles. The van der Waals surface area contributed by atoms with Crippen LogP contribution < -0.4 is 0 Å². The number of hydrogen-bond acceptors (Lipinski definition) is 4. The number of fused-ring (bicyclic) bond motifs is 1. The number of hydrogen-bond donors (Lipinski definition) is 0. The molecule has 1 aliphatic heterocycles. The highest BCUT2D eigenvalue weighted by Crippen LogP contribution is 2.29. The van der Waals surface area contributed by atoms with E-state index in [9.17, 15) is 4.79 Å². The lowest BCUT2D eigenvalue weighted by Crippen LogP contribution is -2.49. The van der Waals surface area contributed by atoms with Crippen LogP contribution in [0.15, 0.2) is 66.9 Å². The first kappa shape index (κ1) is 21.6. The third-order valence-electron chi connectivity index (χ3n) is 6.22. The molecule has 0 saturated carbocycles. The summed E-state index contributed by atoms with van der Waals surface area (Å²) in [6, 6.07) is 20.2. The number of aromatic nitrogens is 3. The monoisotopic (exact) mass is 459 g/mol. The maximum Gasteiger partial charge on any atom is 0.244 e. The molecule has 0 unspecified atom stereocenters. The van der Waals surface area contributed by atoms with Crippen LogP contribution in [0.3, 0.4) is 0 Å². The maximum absolute atomic E-state index is 13.1. The molecule has 0 aliphatic carbocycles. The topological polar surface area (TPSA) is 54.3 Å². The van der Waals surface area contributed by atoms with Crippen molar-refractivity contribution in [2.45, 2.75) is 20.0 Å². The SMILES string of the molecule is Cc1nn(CC(=O)N2CCN(Cc3ccc(Cl)cc3)CC2)c2nccc(-c3ccccc3)c12. The van der Waals surface area contributed by atoms with E-state index in [4.69, 9.17) is 11.6 Å². The zero-order chi connectivity index (χ0) is 22.8. The Labute approximate surface area is 198 Å². The van der Waals surface area contributed by atoms with Crippen LogP contribution in [0.25, 0.3) is 22.2 Å². The van der Waals surface area contributed by atoms with Crippen LogP contribution >= 0.6 is 11.6 Å². The fourth-order valence-electron chi connectivity index (χ4n) is 4.48. The smallest absolute Gasteiger partial charge is 0.244 e. The van der Waals surface area contributed by atoms with Gasteiger partial charge in [0.05, 0.1) is 5.69 Å². The molecule has 0 bridgehead atoms. The van der Waals surface area contributed by atoms with Gasteiger partial charge in [-0.05, 0) is 41.8 Å². The molecule has 0 N–H and O–H groups in total. The second-order valence-electron chi connectivity index (χ2n) is 8.45. The molecule has 168 valence electrons. The second kappa shape index (κ2) is 9.33. The predicted molar refractivity (Wildman–Crippen MR) is 131 cm³/mol. The van der Waals surface area contributed by atoms with E-state index < -0.39 is 0 Å². The maximum atomic E-state index is 13.1. The van der Waals surface area contributed by atoms with E-state index >= 15 is 0 Å². The summed E-state index contributed by atoms with van der Waals surface area (Å²) < 4.78 is 1.75. The highest BCUT2D eigenvalue weighted by atomic mass is 35.5. The van der Waals surface area contributed by atoms with Crippen LogP contribution in [-0.2, 0) is 17.9 Å². The van der Waals surface area contributed by atoms with Crippen LogP contribution in [0, 0.1) is 6.92 Å². The molecule has 4 aromatic rings. The van der Waals surface area contributed by atoms with Crippen molar-refractivity contribution in [2.24, 2.45) is 0 Å². The van der Waals surface area contributed by atoms with Gasteiger partial charge in [-0.2, -0.15) is 5.10 Å². The van der Waals surface area contributed by atoms with Crippen LogP contribution in [0.1, 0.15) is 11.3 Å². The molecule has 0 atom stereocenters. The molecule has 5 rings (SSSR count). The lowest BCUT2D eigenvalue weighted by atomic mass is 10.0. The normalized spacial score (nSPS) is 14.7. The minimum Gasteiger partial charge on any atom is -0.339 e. The Balaban J connectivity index is 1.27. The summed E-state index contributed by atoms with van der Waals surface area (Å²) in [7, 11) is 0. The quantitative estimate of drug-likeness (QED) is 0.443. The first-order valence-electron chi connectivity index (χ1n) is 11.2. The lowest BCUT2D eigenvalue weighted by Gasteiger charge is -2.34.